The molecule has 0 aromatic carbocycles. The zero-order valence-corrected chi connectivity index (χ0v) is 8.00. The smallest absolute Gasteiger partial charge is 0.314 e. The van der Waals surface area contributed by atoms with Crippen molar-refractivity contribution in [2.24, 2.45) is 11.8 Å². The maximum absolute atomic E-state index is 10.7. The lowest BCUT2D eigenvalue weighted by Gasteiger charge is -2.17. The van der Waals surface area contributed by atoms with E-state index in [-0.39, 0.29) is 18.3 Å². The third kappa shape index (κ3) is 3.38. The topological polar surface area (TPSA) is 91.7 Å². The maximum atomic E-state index is 10.7. The summed E-state index contributed by atoms with van der Waals surface area (Å²) in [4.78, 5) is 31.6. The molecule has 2 unspecified atom stereocenters. The van der Waals surface area contributed by atoms with Gasteiger partial charge in [-0.3, -0.25) is 4.79 Å². The van der Waals surface area contributed by atoms with Crippen molar-refractivity contribution < 1.29 is 24.6 Å². The van der Waals surface area contributed by atoms with Crippen LogP contribution in [0.3, 0.4) is 0 Å². The maximum Gasteiger partial charge on any atom is 0.314 e. The SMILES string of the molecule is C=C/C(=C\O)C(CC=O)C(C=O)C(=O)O. The van der Waals surface area contributed by atoms with Gasteiger partial charge in [0.2, 0.25) is 0 Å². The van der Waals surface area contributed by atoms with Crippen LogP contribution in [0, 0.1) is 11.8 Å². The van der Waals surface area contributed by atoms with Gasteiger partial charge in [0, 0.05) is 12.3 Å². The molecule has 0 aliphatic rings. The van der Waals surface area contributed by atoms with Crippen molar-refractivity contribution in [3.05, 3.63) is 24.5 Å². The molecular formula is C10H12O5. The number of hydrogen-bond donors (Lipinski definition) is 2. The van der Waals surface area contributed by atoms with E-state index in [4.69, 9.17) is 10.2 Å². The summed E-state index contributed by atoms with van der Waals surface area (Å²) >= 11 is 0. The monoisotopic (exact) mass is 212 g/mol. The zero-order valence-electron chi connectivity index (χ0n) is 8.00. The fraction of sp³-hybridized carbons (Fsp3) is 0.300. The fourth-order valence-corrected chi connectivity index (χ4v) is 1.22. The van der Waals surface area contributed by atoms with Crippen LogP contribution in [0.1, 0.15) is 6.42 Å². The predicted octanol–water partition coefficient (Wildman–Crippen LogP) is 0.719. The summed E-state index contributed by atoms with van der Waals surface area (Å²) in [5.41, 5.74) is 0.154. The highest BCUT2D eigenvalue weighted by molar-refractivity contribution is 5.87. The number of aliphatic carboxylic acids is 1. The minimum Gasteiger partial charge on any atom is -0.515 e. The van der Waals surface area contributed by atoms with Gasteiger partial charge in [-0.05, 0) is 5.57 Å². The summed E-state index contributed by atoms with van der Waals surface area (Å²) in [7, 11) is 0. The number of carboxylic acids is 1. The fourth-order valence-electron chi connectivity index (χ4n) is 1.22. The zero-order chi connectivity index (χ0) is 11.8. The quantitative estimate of drug-likeness (QED) is 0.281. The molecule has 82 valence electrons. The summed E-state index contributed by atoms with van der Waals surface area (Å²) in [6.45, 7) is 3.36. The molecule has 0 radical (unpaired) electrons. The summed E-state index contributed by atoms with van der Waals surface area (Å²) in [6, 6.07) is 0. The molecule has 0 saturated heterocycles. The van der Waals surface area contributed by atoms with E-state index in [1.165, 1.54) is 6.08 Å². The van der Waals surface area contributed by atoms with Crippen LogP contribution in [0.5, 0.6) is 0 Å². The number of aliphatic hydroxyl groups excluding tert-OH is 1. The van der Waals surface area contributed by atoms with Gasteiger partial charge in [-0.1, -0.05) is 12.7 Å². The number of carboxylic acid groups (broad SMARTS) is 1. The lowest BCUT2D eigenvalue weighted by atomic mass is 9.85. The summed E-state index contributed by atoms with van der Waals surface area (Å²) in [5.74, 6) is -3.57. The highest BCUT2D eigenvalue weighted by atomic mass is 16.4. The van der Waals surface area contributed by atoms with E-state index >= 15 is 0 Å². The normalized spacial score (nSPS) is 15.1. The molecule has 0 bridgehead atoms. The van der Waals surface area contributed by atoms with Crippen molar-refractivity contribution >= 4 is 18.5 Å². The van der Waals surface area contributed by atoms with Gasteiger partial charge >= 0.3 is 5.97 Å². The molecule has 2 N–H and O–H groups in total. The highest BCUT2D eigenvalue weighted by Gasteiger charge is 2.29. The van der Waals surface area contributed by atoms with Gasteiger partial charge in [-0.15, -0.1) is 0 Å². The van der Waals surface area contributed by atoms with Crippen LogP contribution in [-0.2, 0) is 14.4 Å². The van der Waals surface area contributed by atoms with E-state index in [1.54, 1.807) is 0 Å². The highest BCUT2D eigenvalue weighted by Crippen LogP contribution is 2.23. The number of rotatable bonds is 7. The molecule has 0 aromatic rings. The molecule has 0 aliphatic carbocycles. The Kier molecular flexibility index (Phi) is 5.70. The first-order chi connectivity index (χ1) is 7.12. The van der Waals surface area contributed by atoms with Crippen LogP contribution in [0.4, 0.5) is 0 Å². The van der Waals surface area contributed by atoms with E-state index < -0.39 is 17.8 Å². The molecule has 0 amide bonds. The lowest BCUT2D eigenvalue weighted by Crippen LogP contribution is -2.26. The van der Waals surface area contributed by atoms with Crippen LogP contribution in [0.25, 0.3) is 0 Å². The standard InChI is InChI=1S/C10H12O5/c1-2-7(5-12)8(3-4-11)9(6-13)10(14)15/h2,4-6,8-9,12H,1,3H2,(H,14,15)/b7-5+. The Morgan fingerprint density at radius 1 is 1.40 bits per heavy atom. The van der Waals surface area contributed by atoms with Crippen LogP contribution in [0.15, 0.2) is 24.5 Å². The second-order valence-corrected chi connectivity index (χ2v) is 2.84. The first-order valence-corrected chi connectivity index (χ1v) is 4.20. The number of aliphatic hydroxyl groups is 1. The van der Waals surface area contributed by atoms with Gasteiger partial charge < -0.3 is 19.8 Å². The predicted molar refractivity (Wildman–Crippen MR) is 52.3 cm³/mol. The van der Waals surface area contributed by atoms with Crippen LogP contribution >= 0.6 is 0 Å². The van der Waals surface area contributed by atoms with Crippen LogP contribution < -0.4 is 0 Å². The molecule has 15 heavy (non-hydrogen) atoms. The average Bonchev–Trinajstić information content (AvgIpc) is 2.20. The lowest BCUT2D eigenvalue weighted by molar-refractivity contribution is -0.145. The minimum atomic E-state index is -1.36. The summed E-state index contributed by atoms with van der Waals surface area (Å²) < 4.78 is 0. The van der Waals surface area contributed by atoms with E-state index in [2.05, 4.69) is 6.58 Å². The van der Waals surface area contributed by atoms with E-state index in [1.807, 2.05) is 0 Å². The van der Waals surface area contributed by atoms with Gasteiger partial charge in [0.15, 0.2) is 0 Å². The van der Waals surface area contributed by atoms with Crippen molar-refractivity contribution in [3.8, 4) is 0 Å². The van der Waals surface area contributed by atoms with Gasteiger partial charge in [0.05, 0.1) is 6.26 Å². The number of hydrogen-bond acceptors (Lipinski definition) is 4. The number of carbonyl (C=O) groups excluding carboxylic acids is 2. The number of aldehydes is 2. The molecule has 2 atom stereocenters. The molecule has 0 fully saturated rings. The molecule has 0 rings (SSSR count). The summed E-state index contributed by atoms with van der Waals surface area (Å²) in [6.07, 6.45) is 2.45. The Hall–Kier alpha value is -1.91. The Morgan fingerprint density at radius 2 is 2.00 bits per heavy atom. The van der Waals surface area contributed by atoms with Gasteiger partial charge in [0.25, 0.3) is 0 Å². The average molecular weight is 212 g/mol. The first-order valence-electron chi connectivity index (χ1n) is 4.20. The molecule has 0 heterocycles. The number of carbonyl (C=O) groups is 3. The molecule has 0 saturated carbocycles. The van der Waals surface area contributed by atoms with E-state index in [9.17, 15) is 14.4 Å². The third-order valence-electron chi connectivity index (χ3n) is 2.03. The Balaban J connectivity index is 5.07. The second kappa shape index (κ2) is 6.53. The molecule has 5 heteroatoms. The van der Waals surface area contributed by atoms with Crippen molar-refractivity contribution in [2.75, 3.05) is 0 Å². The Bertz CT molecular complexity index is 292. The Labute approximate surface area is 86.7 Å². The molecular weight excluding hydrogens is 200 g/mol. The molecule has 0 aromatic heterocycles. The third-order valence-corrected chi connectivity index (χ3v) is 2.03. The molecule has 0 aliphatic heterocycles. The van der Waals surface area contributed by atoms with Crippen molar-refractivity contribution in [3.63, 3.8) is 0 Å². The van der Waals surface area contributed by atoms with Crippen LogP contribution in [-0.4, -0.2) is 28.8 Å². The van der Waals surface area contributed by atoms with E-state index in [0.717, 1.165) is 0 Å². The van der Waals surface area contributed by atoms with E-state index in [0.29, 0.717) is 12.5 Å². The van der Waals surface area contributed by atoms with Gasteiger partial charge in [-0.25, -0.2) is 0 Å². The second-order valence-electron chi connectivity index (χ2n) is 2.84. The molecule has 0 spiro atoms. The van der Waals surface area contributed by atoms with Crippen molar-refractivity contribution in [1.82, 2.24) is 0 Å². The van der Waals surface area contributed by atoms with Crippen LogP contribution in [0.2, 0.25) is 0 Å². The number of allylic oxidation sites excluding steroid dienone is 2. The first kappa shape index (κ1) is 13.1. The van der Waals surface area contributed by atoms with Gasteiger partial charge in [-0.2, -0.15) is 0 Å². The summed E-state index contributed by atoms with van der Waals surface area (Å²) in [5, 5.41) is 17.5. The Morgan fingerprint density at radius 3 is 2.27 bits per heavy atom. The largest absolute Gasteiger partial charge is 0.515 e. The minimum absolute atomic E-state index is 0.154. The van der Waals surface area contributed by atoms with Crippen molar-refractivity contribution in [2.45, 2.75) is 6.42 Å². The van der Waals surface area contributed by atoms with Crippen molar-refractivity contribution in [1.29, 1.82) is 0 Å². The molecule has 5 nitrogen and oxygen atoms in total. The van der Waals surface area contributed by atoms with Gasteiger partial charge in [0.1, 0.15) is 18.5 Å².